The van der Waals surface area contributed by atoms with Crippen molar-refractivity contribution in [1.82, 2.24) is 9.80 Å². The minimum Gasteiger partial charge on any atom is -0.326 e. The zero-order valence-electron chi connectivity index (χ0n) is 12.4. The van der Waals surface area contributed by atoms with Gasteiger partial charge in [-0.2, -0.15) is 0 Å². The molecule has 2 aliphatic heterocycles. The number of rotatable bonds is 4. The average Bonchev–Trinajstić information content (AvgIpc) is 2.97. The van der Waals surface area contributed by atoms with Crippen LogP contribution in [0.2, 0.25) is 0 Å². The molecule has 0 amide bonds. The molecule has 3 rings (SSSR count). The van der Waals surface area contributed by atoms with Gasteiger partial charge in [-0.25, -0.2) is 0 Å². The van der Waals surface area contributed by atoms with E-state index >= 15 is 0 Å². The monoisotopic (exact) mass is 293 g/mol. The number of thiophene rings is 1. The number of likely N-dealkylation sites (tertiary alicyclic amines) is 2. The standard InChI is InChI=1S/C16H27N3S/c17-12-15-4-5-16(20-15)13-18-10-6-14(7-11-18)19-8-2-1-3-9-19/h4-5,14H,1-3,6-13,17H2. The average molecular weight is 293 g/mol. The fraction of sp³-hybridized carbons (Fsp3) is 0.750. The zero-order valence-corrected chi connectivity index (χ0v) is 13.2. The molecular weight excluding hydrogens is 266 g/mol. The molecule has 0 aromatic carbocycles. The third kappa shape index (κ3) is 3.61. The first-order chi connectivity index (χ1) is 9.85. The van der Waals surface area contributed by atoms with Gasteiger partial charge in [0.15, 0.2) is 0 Å². The fourth-order valence-corrected chi connectivity index (χ4v) is 4.50. The van der Waals surface area contributed by atoms with Crippen LogP contribution in [0.25, 0.3) is 0 Å². The lowest BCUT2D eigenvalue weighted by Crippen LogP contribution is -2.46. The Hall–Kier alpha value is -0.420. The molecule has 1 aromatic rings. The Morgan fingerprint density at radius 3 is 2.35 bits per heavy atom. The Kier molecular flexibility index (Phi) is 5.10. The molecule has 112 valence electrons. The molecule has 3 nitrogen and oxygen atoms in total. The number of piperidine rings is 2. The van der Waals surface area contributed by atoms with Crippen LogP contribution in [-0.4, -0.2) is 42.0 Å². The molecule has 2 fully saturated rings. The lowest BCUT2D eigenvalue weighted by atomic mass is 10.00. The zero-order chi connectivity index (χ0) is 13.8. The summed E-state index contributed by atoms with van der Waals surface area (Å²) in [5.41, 5.74) is 5.69. The number of nitrogens with zero attached hydrogens (tertiary/aromatic N) is 2. The fourth-order valence-electron chi connectivity index (χ4n) is 3.56. The van der Waals surface area contributed by atoms with Crippen molar-refractivity contribution in [1.29, 1.82) is 0 Å². The molecule has 3 heterocycles. The third-order valence-electron chi connectivity index (χ3n) is 4.76. The van der Waals surface area contributed by atoms with E-state index in [0.717, 1.165) is 12.6 Å². The molecule has 0 unspecified atom stereocenters. The van der Waals surface area contributed by atoms with Crippen LogP contribution in [0.3, 0.4) is 0 Å². The van der Waals surface area contributed by atoms with Gasteiger partial charge in [-0.05, 0) is 50.9 Å². The largest absolute Gasteiger partial charge is 0.326 e. The molecule has 0 aliphatic carbocycles. The summed E-state index contributed by atoms with van der Waals surface area (Å²) in [6.45, 7) is 7.01. The number of nitrogens with two attached hydrogens (primary N) is 1. The molecular formula is C16H27N3S. The third-order valence-corrected chi connectivity index (χ3v) is 5.85. The predicted octanol–water partition coefficient (Wildman–Crippen LogP) is 2.66. The molecule has 0 saturated carbocycles. The molecule has 1 aromatic heterocycles. The van der Waals surface area contributed by atoms with E-state index < -0.39 is 0 Å². The second-order valence-corrected chi connectivity index (χ2v) is 7.43. The van der Waals surface area contributed by atoms with E-state index in [4.69, 9.17) is 5.73 Å². The van der Waals surface area contributed by atoms with Crippen LogP contribution in [0, 0.1) is 0 Å². The summed E-state index contributed by atoms with van der Waals surface area (Å²) >= 11 is 1.88. The summed E-state index contributed by atoms with van der Waals surface area (Å²) < 4.78 is 0. The Morgan fingerprint density at radius 1 is 1.00 bits per heavy atom. The van der Waals surface area contributed by atoms with Gasteiger partial charge < -0.3 is 10.6 Å². The first-order valence-electron chi connectivity index (χ1n) is 8.09. The molecule has 0 bridgehead atoms. The van der Waals surface area contributed by atoms with Gasteiger partial charge in [-0.1, -0.05) is 6.42 Å². The Labute approximate surface area is 126 Å². The van der Waals surface area contributed by atoms with Crippen LogP contribution >= 0.6 is 11.3 Å². The van der Waals surface area contributed by atoms with E-state index in [-0.39, 0.29) is 0 Å². The summed E-state index contributed by atoms with van der Waals surface area (Å²) in [5.74, 6) is 0. The first-order valence-corrected chi connectivity index (χ1v) is 8.91. The lowest BCUT2D eigenvalue weighted by molar-refractivity contribution is 0.0901. The van der Waals surface area contributed by atoms with Gasteiger partial charge in [0.05, 0.1) is 0 Å². The molecule has 2 N–H and O–H groups in total. The highest BCUT2D eigenvalue weighted by atomic mass is 32.1. The molecule has 4 heteroatoms. The van der Waals surface area contributed by atoms with Gasteiger partial charge in [0, 0.05) is 42.0 Å². The van der Waals surface area contributed by atoms with Crippen molar-refractivity contribution >= 4 is 11.3 Å². The minimum atomic E-state index is 0.682. The Balaban J connectivity index is 1.45. The molecule has 20 heavy (non-hydrogen) atoms. The van der Waals surface area contributed by atoms with Crippen LogP contribution in [-0.2, 0) is 13.1 Å². The highest BCUT2D eigenvalue weighted by Gasteiger charge is 2.25. The second-order valence-electron chi connectivity index (χ2n) is 6.18. The van der Waals surface area contributed by atoms with Gasteiger partial charge in [-0.15, -0.1) is 11.3 Å². The normalized spacial score (nSPS) is 23.2. The van der Waals surface area contributed by atoms with E-state index in [1.807, 2.05) is 11.3 Å². The maximum absolute atomic E-state index is 5.69. The highest BCUT2D eigenvalue weighted by Crippen LogP contribution is 2.23. The van der Waals surface area contributed by atoms with E-state index in [1.165, 1.54) is 68.0 Å². The van der Waals surface area contributed by atoms with Crippen molar-refractivity contribution in [3.63, 3.8) is 0 Å². The van der Waals surface area contributed by atoms with Crippen molar-refractivity contribution in [2.75, 3.05) is 26.2 Å². The van der Waals surface area contributed by atoms with Gasteiger partial charge in [0.2, 0.25) is 0 Å². The van der Waals surface area contributed by atoms with E-state index in [0.29, 0.717) is 6.54 Å². The van der Waals surface area contributed by atoms with Crippen molar-refractivity contribution in [3.05, 3.63) is 21.9 Å². The number of hydrogen-bond donors (Lipinski definition) is 1. The summed E-state index contributed by atoms with van der Waals surface area (Å²) in [6.07, 6.45) is 6.98. The number of hydrogen-bond acceptors (Lipinski definition) is 4. The lowest BCUT2D eigenvalue weighted by Gasteiger charge is -2.40. The SMILES string of the molecule is NCc1ccc(CN2CCC(N3CCCCC3)CC2)s1. The van der Waals surface area contributed by atoms with Crippen molar-refractivity contribution in [3.8, 4) is 0 Å². The van der Waals surface area contributed by atoms with Gasteiger partial charge in [0.25, 0.3) is 0 Å². The van der Waals surface area contributed by atoms with Crippen LogP contribution < -0.4 is 5.73 Å². The first kappa shape index (κ1) is 14.5. The quantitative estimate of drug-likeness (QED) is 0.926. The van der Waals surface area contributed by atoms with Crippen LogP contribution in [0.4, 0.5) is 0 Å². The Bertz CT molecular complexity index is 404. The maximum atomic E-state index is 5.69. The Morgan fingerprint density at radius 2 is 1.70 bits per heavy atom. The molecule has 2 saturated heterocycles. The molecule has 0 atom stereocenters. The summed E-state index contributed by atoms with van der Waals surface area (Å²) in [7, 11) is 0. The smallest absolute Gasteiger partial charge is 0.0328 e. The van der Waals surface area contributed by atoms with Crippen molar-refractivity contribution in [2.45, 2.75) is 51.2 Å². The molecule has 0 spiro atoms. The minimum absolute atomic E-state index is 0.682. The molecule has 0 radical (unpaired) electrons. The maximum Gasteiger partial charge on any atom is 0.0328 e. The van der Waals surface area contributed by atoms with Crippen molar-refractivity contribution in [2.24, 2.45) is 5.73 Å². The van der Waals surface area contributed by atoms with Crippen molar-refractivity contribution < 1.29 is 0 Å². The van der Waals surface area contributed by atoms with Gasteiger partial charge >= 0.3 is 0 Å². The van der Waals surface area contributed by atoms with Gasteiger partial charge in [-0.3, -0.25) is 4.90 Å². The van der Waals surface area contributed by atoms with E-state index in [1.54, 1.807) is 0 Å². The summed E-state index contributed by atoms with van der Waals surface area (Å²) in [4.78, 5) is 8.15. The summed E-state index contributed by atoms with van der Waals surface area (Å²) in [5, 5.41) is 0. The molecule has 2 aliphatic rings. The predicted molar refractivity (Wildman–Crippen MR) is 85.9 cm³/mol. The highest BCUT2D eigenvalue weighted by molar-refractivity contribution is 7.11. The van der Waals surface area contributed by atoms with Crippen LogP contribution in [0.1, 0.15) is 41.9 Å². The van der Waals surface area contributed by atoms with E-state index in [9.17, 15) is 0 Å². The van der Waals surface area contributed by atoms with Crippen LogP contribution in [0.15, 0.2) is 12.1 Å². The second kappa shape index (κ2) is 7.03. The van der Waals surface area contributed by atoms with E-state index in [2.05, 4.69) is 21.9 Å². The van der Waals surface area contributed by atoms with Gasteiger partial charge in [0.1, 0.15) is 0 Å². The van der Waals surface area contributed by atoms with Crippen LogP contribution in [0.5, 0.6) is 0 Å². The topological polar surface area (TPSA) is 32.5 Å². The summed E-state index contributed by atoms with van der Waals surface area (Å²) in [6, 6.07) is 5.29.